The average molecular weight is 324 g/mol. The second-order valence-corrected chi connectivity index (χ2v) is 5.62. The molecule has 1 amide bonds. The van der Waals surface area contributed by atoms with Crippen LogP contribution in [0, 0.1) is 10.1 Å². The fraction of sp³-hybridized carbons (Fsp3) is 0.211. The van der Waals surface area contributed by atoms with Crippen LogP contribution in [0.4, 0.5) is 5.69 Å². The summed E-state index contributed by atoms with van der Waals surface area (Å²) in [5.74, 6) is -0.172. The van der Waals surface area contributed by atoms with E-state index in [1.165, 1.54) is 23.8 Å². The van der Waals surface area contributed by atoms with Crippen molar-refractivity contribution in [3.05, 3.63) is 81.9 Å². The van der Waals surface area contributed by atoms with Crippen molar-refractivity contribution in [1.82, 2.24) is 5.32 Å². The van der Waals surface area contributed by atoms with E-state index in [2.05, 4.69) is 17.4 Å². The molecule has 0 heterocycles. The van der Waals surface area contributed by atoms with Gasteiger partial charge in [-0.3, -0.25) is 14.9 Å². The molecule has 0 fully saturated rings. The van der Waals surface area contributed by atoms with Crippen molar-refractivity contribution in [2.75, 3.05) is 0 Å². The van der Waals surface area contributed by atoms with Crippen molar-refractivity contribution in [3.63, 3.8) is 0 Å². The number of hydrogen-bond donors (Lipinski definition) is 1. The maximum absolute atomic E-state index is 11.9. The maximum atomic E-state index is 11.9. The normalized spacial score (nSPS) is 12.0. The van der Waals surface area contributed by atoms with E-state index >= 15 is 0 Å². The number of carbonyl (C=O) groups is 1. The first-order valence-corrected chi connectivity index (χ1v) is 7.81. The van der Waals surface area contributed by atoms with Crippen molar-refractivity contribution in [3.8, 4) is 0 Å². The second-order valence-electron chi connectivity index (χ2n) is 5.62. The summed E-state index contributed by atoms with van der Waals surface area (Å²) in [5, 5.41) is 13.5. The molecule has 24 heavy (non-hydrogen) atoms. The minimum atomic E-state index is -0.450. The van der Waals surface area contributed by atoms with Gasteiger partial charge < -0.3 is 5.32 Å². The van der Waals surface area contributed by atoms with Gasteiger partial charge in [0, 0.05) is 24.3 Å². The first kappa shape index (κ1) is 17.4. The molecule has 124 valence electrons. The van der Waals surface area contributed by atoms with Gasteiger partial charge in [0.1, 0.15) is 0 Å². The maximum Gasteiger partial charge on any atom is 0.269 e. The zero-order chi connectivity index (χ0) is 17.4. The Morgan fingerprint density at radius 3 is 2.46 bits per heavy atom. The van der Waals surface area contributed by atoms with Crippen molar-refractivity contribution >= 4 is 17.7 Å². The molecule has 5 nitrogen and oxygen atoms in total. The van der Waals surface area contributed by atoms with E-state index in [9.17, 15) is 14.9 Å². The lowest BCUT2D eigenvalue weighted by molar-refractivity contribution is -0.384. The quantitative estimate of drug-likeness (QED) is 0.479. The number of benzene rings is 2. The Hall–Kier alpha value is -2.95. The third-order valence-electron chi connectivity index (χ3n) is 3.63. The van der Waals surface area contributed by atoms with Crippen molar-refractivity contribution in [2.45, 2.75) is 25.8 Å². The molecule has 0 aliphatic rings. The molecule has 5 heteroatoms. The lowest BCUT2D eigenvalue weighted by Crippen LogP contribution is -2.31. The molecule has 0 bridgehead atoms. The SMILES string of the molecule is CC(CCc1ccccc1)NC(=O)/C=C/c1ccc([N+](=O)[O-])cc1. The predicted molar refractivity (Wildman–Crippen MR) is 94.5 cm³/mol. The zero-order valence-electron chi connectivity index (χ0n) is 13.5. The number of nitro benzene ring substituents is 1. The Kier molecular flexibility index (Phi) is 6.25. The number of amides is 1. The van der Waals surface area contributed by atoms with Gasteiger partial charge in [0.15, 0.2) is 0 Å². The molecule has 0 aliphatic carbocycles. The molecule has 0 radical (unpaired) electrons. The van der Waals surface area contributed by atoms with E-state index < -0.39 is 4.92 Å². The van der Waals surface area contributed by atoms with E-state index in [1.807, 2.05) is 25.1 Å². The minimum Gasteiger partial charge on any atom is -0.350 e. The van der Waals surface area contributed by atoms with Gasteiger partial charge in [0.05, 0.1) is 4.92 Å². The highest BCUT2D eigenvalue weighted by molar-refractivity contribution is 5.91. The summed E-state index contributed by atoms with van der Waals surface area (Å²) in [6, 6.07) is 16.3. The Labute approximate surface area is 141 Å². The first-order chi connectivity index (χ1) is 11.5. The number of carbonyl (C=O) groups excluding carboxylic acids is 1. The summed E-state index contributed by atoms with van der Waals surface area (Å²) in [5.41, 5.74) is 2.03. The molecular weight excluding hydrogens is 304 g/mol. The molecule has 1 atom stereocenters. The molecule has 0 saturated heterocycles. The highest BCUT2D eigenvalue weighted by atomic mass is 16.6. The Balaban J connectivity index is 1.80. The van der Waals surface area contributed by atoms with Gasteiger partial charge >= 0.3 is 0 Å². The number of nitrogens with one attached hydrogen (secondary N) is 1. The number of non-ortho nitro benzene ring substituents is 1. The molecule has 2 aromatic carbocycles. The zero-order valence-corrected chi connectivity index (χ0v) is 13.5. The molecular formula is C19H20N2O3. The molecule has 2 rings (SSSR count). The summed E-state index contributed by atoms with van der Waals surface area (Å²) in [6.45, 7) is 1.97. The molecule has 1 unspecified atom stereocenters. The Bertz CT molecular complexity index is 709. The van der Waals surface area contributed by atoms with Crippen LogP contribution in [0.1, 0.15) is 24.5 Å². The first-order valence-electron chi connectivity index (χ1n) is 7.81. The highest BCUT2D eigenvalue weighted by Gasteiger charge is 2.06. The van der Waals surface area contributed by atoms with Crippen LogP contribution in [0.15, 0.2) is 60.7 Å². The van der Waals surface area contributed by atoms with Gasteiger partial charge in [-0.25, -0.2) is 0 Å². The molecule has 0 aromatic heterocycles. The van der Waals surface area contributed by atoms with E-state index in [0.717, 1.165) is 18.4 Å². The fourth-order valence-corrected chi connectivity index (χ4v) is 2.27. The molecule has 0 aliphatic heterocycles. The van der Waals surface area contributed by atoms with E-state index in [-0.39, 0.29) is 17.6 Å². The van der Waals surface area contributed by atoms with Crippen LogP contribution in [0.25, 0.3) is 6.08 Å². The van der Waals surface area contributed by atoms with E-state index in [0.29, 0.717) is 0 Å². The van der Waals surface area contributed by atoms with Gasteiger partial charge in [-0.1, -0.05) is 30.3 Å². The van der Waals surface area contributed by atoms with Crippen molar-refractivity contribution < 1.29 is 9.72 Å². The molecule has 0 saturated carbocycles. The van der Waals surface area contributed by atoms with E-state index in [1.54, 1.807) is 18.2 Å². The van der Waals surface area contributed by atoms with Crippen LogP contribution in [0.5, 0.6) is 0 Å². The van der Waals surface area contributed by atoms with Crippen LogP contribution < -0.4 is 5.32 Å². The monoisotopic (exact) mass is 324 g/mol. The third kappa shape index (κ3) is 5.68. The highest BCUT2D eigenvalue weighted by Crippen LogP contribution is 2.12. The topological polar surface area (TPSA) is 72.2 Å². The van der Waals surface area contributed by atoms with Gasteiger partial charge in [-0.15, -0.1) is 0 Å². The van der Waals surface area contributed by atoms with Crippen LogP contribution >= 0.6 is 0 Å². The molecule has 0 spiro atoms. The lowest BCUT2D eigenvalue weighted by atomic mass is 10.1. The summed E-state index contributed by atoms with van der Waals surface area (Å²) in [7, 11) is 0. The van der Waals surface area contributed by atoms with Crippen molar-refractivity contribution in [2.24, 2.45) is 0 Å². The minimum absolute atomic E-state index is 0.0335. The number of aryl methyl sites for hydroxylation is 1. The predicted octanol–water partition coefficient (Wildman–Crippen LogP) is 3.75. The van der Waals surface area contributed by atoms with Gasteiger partial charge in [-0.05, 0) is 49.1 Å². The summed E-state index contributed by atoms with van der Waals surface area (Å²) >= 11 is 0. The van der Waals surface area contributed by atoms with Gasteiger partial charge in [-0.2, -0.15) is 0 Å². The van der Waals surface area contributed by atoms with Gasteiger partial charge in [0.2, 0.25) is 5.91 Å². The van der Waals surface area contributed by atoms with Crippen LogP contribution in [0.2, 0.25) is 0 Å². The number of rotatable bonds is 7. The second kappa shape index (κ2) is 8.62. The summed E-state index contributed by atoms with van der Waals surface area (Å²) in [4.78, 5) is 22.0. The third-order valence-corrected chi connectivity index (χ3v) is 3.63. The Morgan fingerprint density at radius 1 is 1.17 bits per heavy atom. The van der Waals surface area contributed by atoms with Crippen LogP contribution in [-0.4, -0.2) is 16.9 Å². The summed E-state index contributed by atoms with van der Waals surface area (Å²) in [6.07, 6.45) is 4.86. The molecule has 1 N–H and O–H groups in total. The van der Waals surface area contributed by atoms with Crippen LogP contribution in [-0.2, 0) is 11.2 Å². The summed E-state index contributed by atoms with van der Waals surface area (Å²) < 4.78 is 0. The molecule has 2 aromatic rings. The largest absolute Gasteiger partial charge is 0.350 e. The number of nitrogens with zero attached hydrogens (tertiary/aromatic N) is 1. The average Bonchev–Trinajstić information content (AvgIpc) is 2.59. The number of nitro groups is 1. The lowest BCUT2D eigenvalue weighted by Gasteiger charge is -2.12. The fourth-order valence-electron chi connectivity index (χ4n) is 2.27. The van der Waals surface area contributed by atoms with Crippen molar-refractivity contribution in [1.29, 1.82) is 0 Å². The van der Waals surface area contributed by atoms with E-state index in [4.69, 9.17) is 0 Å². The smallest absolute Gasteiger partial charge is 0.269 e. The Morgan fingerprint density at radius 2 is 1.83 bits per heavy atom. The standard InChI is InChI=1S/C19H20N2O3/c1-15(7-8-16-5-3-2-4-6-16)20-19(22)14-11-17-9-12-18(13-10-17)21(23)24/h2-6,9-15H,7-8H2,1H3,(H,20,22)/b14-11+. The van der Waals surface area contributed by atoms with Gasteiger partial charge in [0.25, 0.3) is 5.69 Å². The number of hydrogen-bond acceptors (Lipinski definition) is 3. The van der Waals surface area contributed by atoms with Crippen LogP contribution in [0.3, 0.4) is 0 Å².